The molecule has 5 heterocycles. The van der Waals surface area contributed by atoms with Crippen LogP contribution in [0, 0.1) is 5.82 Å². The molecule has 4 aliphatic heterocycles. The first-order chi connectivity index (χ1) is 32.3. The first-order valence-corrected chi connectivity index (χ1v) is 24.6. The van der Waals surface area contributed by atoms with Crippen molar-refractivity contribution in [3.63, 3.8) is 0 Å². The van der Waals surface area contributed by atoms with Crippen LogP contribution in [0.2, 0.25) is 10.0 Å². The third-order valence-corrected chi connectivity index (χ3v) is 16.4. The molecule has 17 heteroatoms. The normalized spacial score (nSPS) is 26.3. The fourth-order valence-electron chi connectivity index (χ4n) is 12.6. The van der Waals surface area contributed by atoms with Crippen LogP contribution in [0.25, 0.3) is 11.0 Å². The van der Waals surface area contributed by atoms with E-state index in [1.54, 1.807) is 35.9 Å². The SMILES string of the molecule is Cn1c(=O)n(C2CCC(=O)NC2=O)c2ccc(CCCN3CCN(C(O)=C4CCC(NC(=O)[C@@H]5NC6(CCCCC6)[C@@]6(C(=O)Nc7cc(Cl)ccc76)[C@H]5c5cccc(Cl)c5F)CC4)CC3)cc21. The Bertz CT molecular complexity index is 2750. The maximum Gasteiger partial charge on any atom is 0.329 e. The number of imidazole rings is 1. The summed E-state index contributed by atoms with van der Waals surface area (Å²) in [6.07, 6.45) is 8.73. The molecule has 10 rings (SSSR count). The number of nitrogens with one attached hydrogen (secondary N) is 4. The number of nitrogens with zero attached hydrogens (tertiary/aromatic N) is 4. The monoisotopic (exact) mass is 954 g/mol. The number of piperidine rings is 1. The van der Waals surface area contributed by atoms with Crippen molar-refractivity contribution in [3.05, 3.63) is 109 Å². The van der Waals surface area contributed by atoms with Crippen molar-refractivity contribution in [2.45, 2.75) is 118 Å². The fourth-order valence-corrected chi connectivity index (χ4v) is 12.9. The minimum absolute atomic E-state index is 0.0672. The maximum atomic E-state index is 16.3. The Morgan fingerprint density at radius 1 is 0.896 bits per heavy atom. The average Bonchev–Trinajstić information content (AvgIpc) is 3.87. The summed E-state index contributed by atoms with van der Waals surface area (Å²) in [5.74, 6) is -2.53. The summed E-state index contributed by atoms with van der Waals surface area (Å²) in [5.41, 5.74) is 2.63. The molecule has 0 radical (unpaired) electrons. The van der Waals surface area contributed by atoms with E-state index in [1.807, 2.05) is 24.3 Å². The standard InChI is InChI=1S/C50H57Cl2FN8O6/c1-58-39-27-29(10-17-37(39)61(48(58)67)38-18-19-40(62)56-44(38)63)7-6-22-59-23-25-60(26-24-59)46(65)30-11-14-32(15-12-30)54-45(64)43-41(33-8-5-9-35(52)42(33)53)50(49(57-43)20-3-2-4-21-49)34-16-13-31(51)28-36(34)55-47(50)66/h5,8-10,13,16-17,27-28,32,38,41,43,57,65H,2-4,6-7,11-12,14-15,18-26H2,1H3,(H,54,64)(H,55,66)(H,56,62,63)/t32?,38?,41-,43+,50+/m0/s1. The molecular weight excluding hydrogens is 899 g/mol. The molecule has 5 N–H and O–H groups in total. The maximum absolute atomic E-state index is 16.3. The lowest BCUT2D eigenvalue weighted by Gasteiger charge is -2.47. The van der Waals surface area contributed by atoms with Gasteiger partial charge in [0.25, 0.3) is 0 Å². The van der Waals surface area contributed by atoms with Crippen LogP contribution in [0.15, 0.2) is 70.8 Å². The summed E-state index contributed by atoms with van der Waals surface area (Å²) < 4.78 is 19.4. The predicted molar refractivity (Wildman–Crippen MR) is 254 cm³/mol. The third-order valence-electron chi connectivity index (χ3n) is 15.8. The summed E-state index contributed by atoms with van der Waals surface area (Å²) in [5, 5.41) is 24.4. The highest BCUT2D eigenvalue weighted by molar-refractivity contribution is 6.31. The summed E-state index contributed by atoms with van der Waals surface area (Å²) in [6, 6.07) is 14.2. The second kappa shape index (κ2) is 18.0. The summed E-state index contributed by atoms with van der Waals surface area (Å²) >= 11 is 12.9. The van der Waals surface area contributed by atoms with Gasteiger partial charge >= 0.3 is 5.69 Å². The number of allylic oxidation sites excluding steroid dienone is 1. The largest absolute Gasteiger partial charge is 0.495 e. The van der Waals surface area contributed by atoms with Gasteiger partial charge in [-0.1, -0.05) is 66.7 Å². The lowest BCUT2D eigenvalue weighted by Crippen LogP contribution is -2.60. The van der Waals surface area contributed by atoms with Crippen molar-refractivity contribution < 1.29 is 28.7 Å². The van der Waals surface area contributed by atoms with E-state index in [4.69, 9.17) is 23.2 Å². The first kappa shape index (κ1) is 45.6. The Kier molecular flexibility index (Phi) is 12.3. The summed E-state index contributed by atoms with van der Waals surface area (Å²) in [7, 11) is 1.71. The number of anilines is 1. The molecule has 67 heavy (non-hydrogen) atoms. The highest BCUT2D eigenvalue weighted by Gasteiger charge is 2.72. The van der Waals surface area contributed by atoms with Gasteiger partial charge in [0.15, 0.2) is 5.88 Å². The average molecular weight is 956 g/mol. The zero-order valence-electron chi connectivity index (χ0n) is 37.6. The molecule has 3 aromatic carbocycles. The number of amides is 4. The van der Waals surface area contributed by atoms with E-state index in [-0.39, 0.29) is 46.5 Å². The topological polar surface area (TPSA) is 170 Å². The van der Waals surface area contributed by atoms with Crippen molar-refractivity contribution in [3.8, 4) is 0 Å². The van der Waals surface area contributed by atoms with Crippen molar-refractivity contribution in [1.82, 2.24) is 34.9 Å². The molecule has 5 fully saturated rings. The number of aryl methyl sites for hydroxylation is 2. The number of imide groups is 1. The third kappa shape index (κ3) is 7.83. The molecule has 4 atom stereocenters. The number of aliphatic hydroxyl groups is 1. The number of aliphatic hydroxyl groups excluding tert-OH is 1. The Morgan fingerprint density at radius 3 is 2.40 bits per heavy atom. The summed E-state index contributed by atoms with van der Waals surface area (Å²) in [6.45, 7) is 3.88. The fraction of sp³-hybridized carbons (Fsp3) is 0.500. The Balaban J connectivity index is 0.767. The zero-order chi connectivity index (χ0) is 46.8. The van der Waals surface area contributed by atoms with Crippen LogP contribution in [-0.2, 0) is 38.1 Å². The highest BCUT2D eigenvalue weighted by Crippen LogP contribution is 2.63. The molecule has 2 spiro atoms. The van der Waals surface area contributed by atoms with E-state index in [0.29, 0.717) is 85.7 Å². The van der Waals surface area contributed by atoms with E-state index < -0.39 is 40.7 Å². The summed E-state index contributed by atoms with van der Waals surface area (Å²) in [4.78, 5) is 71.4. The minimum atomic E-state index is -1.30. The smallest absolute Gasteiger partial charge is 0.329 e. The van der Waals surface area contributed by atoms with Gasteiger partial charge in [-0.05, 0) is 117 Å². The molecule has 2 aliphatic carbocycles. The van der Waals surface area contributed by atoms with Gasteiger partial charge in [-0.25, -0.2) is 9.18 Å². The molecular formula is C50H57Cl2FN8O6. The Morgan fingerprint density at radius 2 is 1.66 bits per heavy atom. The Labute approximate surface area is 398 Å². The van der Waals surface area contributed by atoms with E-state index in [0.717, 1.165) is 68.4 Å². The van der Waals surface area contributed by atoms with Crippen molar-refractivity contribution in [1.29, 1.82) is 0 Å². The minimum Gasteiger partial charge on any atom is -0.495 e. The van der Waals surface area contributed by atoms with Crippen LogP contribution >= 0.6 is 23.2 Å². The van der Waals surface area contributed by atoms with Gasteiger partial charge in [0, 0.05) is 67.9 Å². The number of benzene rings is 3. The molecule has 4 aromatic rings. The number of rotatable bonds is 9. The van der Waals surface area contributed by atoms with Crippen molar-refractivity contribution in [2.24, 2.45) is 7.05 Å². The van der Waals surface area contributed by atoms with Crippen LogP contribution < -0.4 is 27.0 Å². The van der Waals surface area contributed by atoms with Crippen LogP contribution in [-0.4, -0.2) is 98.0 Å². The molecule has 14 nitrogen and oxygen atoms in total. The number of aromatic nitrogens is 2. The highest BCUT2D eigenvalue weighted by atomic mass is 35.5. The van der Waals surface area contributed by atoms with E-state index in [9.17, 15) is 29.1 Å². The molecule has 3 saturated heterocycles. The van der Waals surface area contributed by atoms with Gasteiger partial charge < -0.3 is 20.6 Å². The number of fused-ring (bicyclic) bond motifs is 4. The molecule has 354 valence electrons. The molecule has 1 unspecified atom stereocenters. The van der Waals surface area contributed by atoms with Gasteiger partial charge in [-0.15, -0.1) is 0 Å². The number of piperazine rings is 1. The van der Waals surface area contributed by atoms with E-state index >= 15 is 4.39 Å². The van der Waals surface area contributed by atoms with Gasteiger partial charge in [0.05, 0.1) is 22.1 Å². The number of carbonyl (C=O) groups excluding carboxylic acids is 4. The van der Waals surface area contributed by atoms with Crippen molar-refractivity contribution in [2.75, 3.05) is 38.0 Å². The molecule has 6 aliphatic rings. The van der Waals surface area contributed by atoms with Gasteiger partial charge in [-0.3, -0.25) is 43.8 Å². The molecule has 0 bridgehead atoms. The number of hydrogen-bond acceptors (Lipinski definition) is 9. The molecule has 1 aromatic heterocycles. The molecule has 4 amide bonds. The van der Waals surface area contributed by atoms with Gasteiger partial charge in [0.2, 0.25) is 23.6 Å². The second-order valence-electron chi connectivity index (χ2n) is 19.5. The van der Waals surface area contributed by atoms with Crippen LogP contribution in [0.4, 0.5) is 10.1 Å². The van der Waals surface area contributed by atoms with Crippen molar-refractivity contribution >= 4 is 63.6 Å². The van der Waals surface area contributed by atoms with Gasteiger partial charge in [-0.2, -0.15) is 0 Å². The van der Waals surface area contributed by atoms with Gasteiger partial charge in [0.1, 0.15) is 17.3 Å². The second-order valence-corrected chi connectivity index (χ2v) is 20.3. The lowest BCUT2D eigenvalue weighted by atomic mass is 9.55. The molecule has 2 saturated carbocycles. The quantitative estimate of drug-likeness (QED) is 0.0931. The predicted octanol–water partition coefficient (Wildman–Crippen LogP) is 6.49. The Hall–Kier alpha value is -5.22. The van der Waals surface area contributed by atoms with E-state index in [2.05, 4.69) is 31.1 Å². The number of halogens is 3. The van der Waals surface area contributed by atoms with Crippen LogP contribution in [0.3, 0.4) is 0 Å². The first-order valence-electron chi connectivity index (χ1n) is 23.8. The van der Waals surface area contributed by atoms with Crippen LogP contribution in [0.5, 0.6) is 0 Å². The number of carbonyl (C=O) groups is 4. The number of hydrogen-bond donors (Lipinski definition) is 5. The lowest BCUT2D eigenvalue weighted by molar-refractivity contribution is -0.136. The zero-order valence-corrected chi connectivity index (χ0v) is 39.2. The van der Waals surface area contributed by atoms with Crippen LogP contribution in [0.1, 0.15) is 106 Å². The van der Waals surface area contributed by atoms with E-state index in [1.165, 1.54) is 10.6 Å².